The van der Waals surface area contributed by atoms with Crippen molar-refractivity contribution in [3.63, 3.8) is 0 Å². The van der Waals surface area contributed by atoms with Gasteiger partial charge in [-0.15, -0.1) is 0 Å². The van der Waals surface area contributed by atoms with Gasteiger partial charge in [0.1, 0.15) is 17.2 Å². The highest BCUT2D eigenvalue weighted by Crippen LogP contribution is 2.25. The molecule has 248 valence electrons. The number of esters is 2. The van der Waals surface area contributed by atoms with E-state index in [1.807, 2.05) is 54.6 Å². The van der Waals surface area contributed by atoms with Crippen molar-refractivity contribution in [1.29, 1.82) is 0 Å². The lowest BCUT2D eigenvalue weighted by Gasteiger charge is -2.08. The smallest absolute Gasteiger partial charge is 0.338 e. The Hall–Kier alpha value is -4.98. The second kappa shape index (κ2) is 18.9. The van der Waals surface area contributed by atoms with Crippen molar-refractivity contribution < 1.29 is 28.5 Å². The SMILES string of the molecule is CCCCCOc1ccc2cc(OC(=O)/C=C/c3ccc(OCCCCCCCCOC(=O)c4cc(N)cc(N)c4)cc3)ccc2c1. The van der Waals surface area contributed by atoms with Gasteiger partial charge in [-0.1, -0.05) is 69.7 Å². The first kappa shape index (κ1) is 34.9. The molecule has 0 spiro atoms. The van der Waals surface area contributed by atoms with Gasteiger partial charge in [-0.05, 0) is 96.3 Å². The topological polar surface area (TPSA) is 123 Å². The standard InChI is InChI=1S/C39H46N2O6/c1-2-3-8-21-45-36-18-14-31-27-37(19-15-30(31)26-36)47-38(42)20-13-29-11-16-35(17-12-29)44-22-9-6-4-5-7-10-23-46-39(43)32-24-33(40)28-34(41)25-32/h11-20,24-28H,2-10,21-23,40-41H2,1H3/b20-13+. The molecule has 0 aliphatic heterocycles. The van der Waals surface area contributed by atoms with Crippen LogP contribution in [0.4, 0.5) is 11.4 Å². The third-order valence-corrected chi connectivity index (χ3v) is 7.56. The lowest BCUT2D eigenvalue weighted by atomic mass is 10.1. The molecule has 0 unspecified atom stereocenters. The fourth-order valence-electron chi connectivity index (χ4n) is 5.03. The maximum Gasteiger partial charge on any atom is 0.338 e. The van der Waals surface area contributed by atoms with Gasteiger partial charge in [0, 0.05) is 17.5 Å². The number of anilines is 2. The first-order valence-electron chi connectivity index (χ1n) is 16.5. The Bertz CT molecular complexity index is 1600. The summed E-state index contributed by atoms with van der Waals surface area (Å²) >= 11 is 0. The molecule has 4 rings (SSSR count). The molecular formula is C39H46N2O6. The number of ether oxygens (including phenoxy) is 4. The van der Waals surface area contributed by atoms with Crippen LogP contribution < -0.4 is 25.7 Å². The Labute approximate surface area is 277 Å². The second-order valence-electron chi connectivity index (χ2n) is 11.5. The van der Waals surface area contributed by atoms with E-state index in [-0.39, 0.29) is 0 Å². The van der Waals surface area contributed by atoms with Crippen molar-refractivity contribution in [1.82, 2.24) is 0 Å². The fraction of sp³-hybridized carbons (Fsp3) is 0.333. The maximum atomic E-state index is 12.4. The van der Waals surface area contributed by atoms with Gasteiger partial charge in [0.25, 0.3) is 0 Å². The van der Waals surface area contributed by atoms with Crippen molar-refractivity contribution in [3.8, 4) is 17.2 Å². The first-order valence-corrected chi connectivity index (χ1v) is 16.5. The number of unbranched alkanes of at least 4 members (excludes halogenated alkanes) is 7. The van der Waals surface area contributed by atoms with Gasteiger partial charge in [-0.3, -0.25) is 0 Å². The van der Waals surface area contributed by atoms with E-state index in [0.29, 0.717) is 42.5 Å². The number of hydrogen-bond donors (Lipinski definition) is 2. The van der Waals surface area contributed by atoms with E-state index in [0.717, 1.165) is 79.2 Å². The van der Waals surface area contributed by atoms with Crippen LogP contribution in [-0.4, -0.2) is 31.8 Å². The van der Waals surface area contributed by atoms with Crippen LogP contribution in [0.2, 0.25) is 0 Å². The third-order valence-electron chi connectivity index (χ3n) is 7.56. The van der Waals surface area contributed by atoms with Gasteiger partial charge in [-0.2, -0.15) is 0 Å². The molecule has 8 nitrogen and oxygen atoms in total. The number of hydrogen-bond acceptors (Lipinski definition) is 8. The molecule has 0 aromatic heterocycles. The summed E-state index contributed by atoms with van der Waals surface area (Å²) in [5, 5.41) is 2.01. The Morgan fingerprint density at radius 1 is 0.617 bits per heavy atom. The van der Waals surface area contributed by atoms with Crippen LogP contribution in [0.25, 0.3) is 16.8 Å². The molecule has 4 aromatic rings. The lowest BCUT2D eigenvalue weighted by molar-refractivity contribution is -0.128. The van der Waals surface area contributed by atoms with Crippen LogP contribution in [0.1, 0.15) is 80.6 Å². The van der Waals surface area contributed by atoms with Gasteiger partial charge < -0.3 is 30.4 Å². The van der Waals surface area contributed by atoms with Crippen molar-refractivity contribution >= 4 is 40.2 Å². The molecule has 0 saturated heterocycles. The minimum Gasteiger partial charge on any atom is -0.494 e. The molecule has 0 aliphatic carbocycles. The summed E-state index contributed by atoms with van der Waals surface area (Å²) in [5.41, 5.74) is 13.6. The number of benzene rings is 4. The highest BCUT2D eigenvalue weighted by atomic mass is 16.5. The molecule has 4 aromatic carbocycles. The molecule has 47 heavy (non-hydrogen) atoms. The molecule has 4 N–H and O–H groups in total. The van der Waals surface area contributed by atoms with Gasteiger partial charge in [0.15, 0.2) is 0 Å². The number of carbonyl (C=O) groups excluding carboxylic acids is 2. The maximum absolute atomic E-state index is 12.4. The number of carbonyl (C=O) groups is 2. The second-order valence-corrected chi connectivity index (χ2v) is 11.5. The average Bonchev–Trinajstić information content (AvgIpc) is 3.06. The van der Waals surface area contributed by atoms with Gasteiger partial charge in [0.05, 0.1) is 25.4 Å². The summed E-state index contributed by atoms with van der Waals surface area (Å²) < 4.78 is 22.6. The van der Waals surface area contributed by atoms with Gasteiger partial charge in [0.2, 0.25) is 0 Å². The first-order chi connectivity index (χ1) is 22.9. The molecule has 0 fully saturated rings. The van der Waals surface area contributed by atoms with Crippen LogP contribution in [-0.2, 0) is 9.53 Å². The van der Waals surface area contributed by atoms with E-state index in [1.54, 1.807) is 30.3 Å². The Balaban J connectivity index is 1.07. The van der Waals surface area contributed by atoms with Crippen LogP contribution in [0.5, 0.6) is 17.2 Å². The largest absolute Gasteiger partial charge is 0.494 e. The molecule has 0 radical (unpaired) electrons. The highest BCUT2D eigenvalue weighted by molar-refractivity contribution is 5.92. The van der Waals surface area contributed by atoms with E-state index in [2.05, 4.69) is 6.92 Å². The van der Waals surface area contributed by atoms with Crippen LogP contribution in [0.3, 0.4) is 0 Å². The fourth-order valence-corrected chi connectivity index (χ4v) is 5.03. The minimum atomic E-state index is -0.440. The van der Waals surface area contributed by atoms with Crippen LogP contribution >= 0.6 is 0 Å². The van der Waals surface area contributed by atoms with E-state index in [1.165, 1.54) is 12.5 Å². The zero-order chi connectivity index (χ0) is 33.3. The minimum absolute atomic E-state index is 0.379. The predicted molar refractivity (Wildman–Crippen MR) is 189 cm³/mol. The zero-order valence-electron chi connectivity index (χ0n) is 27.2. The Kier molecular flexibility index (Phi) is 14.0. The van der Waals surface area contributed by atoms with Crippen molar-refractivity contribution in [2.75, 3.05) is 31.3 Å². The summed E-state index contributed by atoms with van der Waals surface area (Å²) in [6.45, 7) is 3.91. The lowest BCUT2D eigenvalue weighted by Crippen LogP contribution is -2.07. The van der Waals surface area contributed by atoms with Crippen LogP contribution in [0.15, 0.2) is 84.9 Å². The molecular weight excluding hydrogens is 592 g/mol. The number of rotatable bonds is 19. The van der Waals surface area contributed by atoms with E-state index in [4.69, 9.17) is 30.4 Å². The van der Waals surface area contributed by atoms with E-state index < -0.39 is 11.9 Å². The number of fused-ring (bicyclic) bond motifs is 1. The Morgan fingerprint density at radius 3 is 1.85 bits per heavy atom. The highest BCUT2D eigenvalue weighted by Gasteiger charge is 2.09. The monoisotopic (exact) mass is 638 g/mol. The summed E-state index contributed by atoms with van der Waals surface area (Å²) in [4.78, 5) is 24.5. The van der Waals surface area contributed by atoms with Crippen LogP contribution in [0, 0.1) is 0 Å². The summed E-state index contributed by atoms with van der Waals surface area (Å²) in [7, 11) is 0. The van der Waals surface area contributed by atoms with Crippen molar-refractivity contribution in [3.05, 3.63) is 96.1 Å². The third kappa shape index (κ3) is 12.4. The number of nitrogens with two attached hydrogens (primary N) is 2. The summed E-state index contributed by atoms with van der Waals surface area (Å²) in [5.74, 6) is 1.29. The quantitative estimate of drug-likeness (QED) is 0.0344. The Morgan fingerprint density at radius 2 is 1.17 bits per heavy atom. The molecule has 0 aliphatic rings. The van der Waals surface area contributed by atoms with Crippen molar-refractivity contribution in [2.24, 2.45) is 0 Å². The summed E-state index contributed by atoms with van der Waals surface area (Å²) in [6.07, 6.45) is 12.5. The molecule has 0 saturated carbocycles. The molecule has 0 atom stereocenters. The molecule has 0 heterocycles. The van der Waals surface area contributed by atoms with Gasteiger partial charge in [-0.25, -0.2) is 9.59 Å². The summed E-state index contributed by atoms with van der Waals surface area (Å²) in [6, 6.07) is 23.9. The average molecular weight is 639 g/mol. The van der Waals surface area contributed by atoms with E-state index in [9.17, 15) is 9.59 Å². The van der Waals surface area contributed by atoms with Crippen molar-refractivity contribution in [2.45, 2.75) is 64.7 Å². The normalized spacial score (nSPS) is 11.1. The predicted octanol–water partition coefficient (Wildman–Crippen LogP) is 8.77. The molecule has 0 bridgehead atoms. The number of nitrogen functional groups attached to an aromatic ring is 2. The van der Waals surface area contributed by atoms with Gasteiger partial charge >= 0.3 is 11.9 Å². The molecule has 0 amide bonds. The van der Waals surface area contributed by atoms with E-state index >= 15 is 0 Å². The molecule has 8 heteroatoms. The zero-order valence-corrected chi connectivity index (χ0v) is 27.2.